The van der Waals surface area contributed by atoms with Crippen LogP contribution in [0.1, 0.15) is 35.2 Å². The van der Waals surface area contributed by atoms with Crippen molar-refractivity contribution in [3.63, 3.8) is 0 Å². The summed E-state index contributed by atoms with van der Waals surface area (Å²) >= 11 is 1.69. The van der Waals surface area contributed by atoms with Crippen molar-refractivity contribution in [3.8, 4) is 0 Å². The Bertz CT molecular complexity index is 554. The molecule has 0 spiro atoms. The lowest BCUT2D eigenvalue weighted by Crippen LogP contribution is -2.16. The molecule has 106 valence electrons. The number of rotatable bonds is 6. The third-order valence-electron chi connectivity index (χ3n) is 3.68. The maximum Gasteiger partial charge on any atom is 0.220 e. The van der Waals surface area contributed by atoms with Crippen LogP contribution >= 0.6 is 11.3 Å². The van der Waals surface area contributed by atoms with Gasteiger partial charge in [-0.05, 0) is 18.8 Å². The Kier molecular flexibility index (Phi) is 3.29. The first-order valence-electron chi connectivity index (χ1n) is 7.03. The summed E-state index contributed by atoms with van der Waals surface area (Å²) < 4.78 is 11.4. The first-order chi connectivity index (χ1) is 9.87. The fourth-order valence-electron chi connectivity index (χ4n) is 2.45. The van der Waals surface area contributed by atoms with E-state index in [2.05, 4.69) is 14.9 Å². The van der Waals surface area contributed by atoms with E-state index >= 15 is 0 Å². The maximum absolute atomic E-state index is 5.78. The van der Waals surface area contributed by atoms with Gasteiger partial charge < -0.3 is 9.15 Å². The molecule has 0 radical (unpaired) electrons. The monoisotopic (exact) mass is 291 g/mol. The van der Waals surface area contributed by atoms with Gasteiger partial charge >= 0.3 is 0 Å². The van der Waals surface area contributed by atoms with Gasteiger partial charge in [-0.25, -0.2) is 9.97 Å². The van der Waals surface area contributed by atoms with Crippen LogP contribution in [0.15, 0.2) is 16.0 Å². The SMILES string of the molecule is c1csc(CN2Cc3nc(COCC4CC4)oc3C2)n1. The van der Waals surface area contributed by atoms with E-state index in [0.29, 0.717) is 6.61 Å². The minimum atomic E-state index is 0.510. The van der Waals surface area contributed by atoms with Crippen LogP contribution in [0.3, 0.4) is 0 Å². The number of ether oxygens (including phenoxy) is 1. The molecule has 0 amide bonds. The molecule has 6 heteroatoms. The molecular weight excluding hydrogens is 274 g/mol. The zero-order valence-corrected chi connectivity index (χ0v) is 12.1. The smallest absolute Gasteiger partial charge is 0.220 e. The highest BCUT2D eigenvalue weighted by Crippen LogP contribution is 2.29. The van der Waals surface area contributed by atoms with Crippen LogP contribution in [-0.4, -0.2) is 21.5 Å². The van der Waals surface area contributed by atoms with Crippen LogP contribution in [0, 0.1) is 5.92 Å². The summed E-state index contributed by atoms with van der Waals surface area (Å²) in [5.74, 6) is 2.50. The standard InChI is InChI=1S/C14H17N3O2S/c1-2-10(1)8-18-9-13-16-11-5-17(6-12(11)19-13)7-14-15-3-4-20-14/h3-4,10H,1-2,5-9H2. The molecule has 5 nitrogen and oxygen atoms in total. The van der Waals surface area contributed by atoms with Crippen LogP contribution in [0.2, 0.25) is 0 Å². The molecule has 1 aliphatic heterocycles. The Morgan fingerprint density at radius 1 is 1.40 bits per heavy atom. The third-order valence-corrected chi connectivity index (χ3v) is 4.45. The van der Waals surface area contributed by atoms with Crippen LogP contribution in [0.25, 0.3) is 0 Å². The highest BCUT2D eigenvalue weighted by atomic mass is 32.1. The number of oxazole rings is 1. The van der Waals surface area contributed by atoms with E-state index in [0.717, 1.165) is 54.5 Å². The fourth-order valence-corrected chi connectivity index (χ4v) is 3.11. The van der Waals surface area contributed by atoms with Gasteiger partial charge in [-0.15, -0.1) is 11.3 Å². The molecule has 2 aromatic rings. The van der Waals surface area contributed by atoms with Crippen molar-refractivity contribution in [2.24, 2.45) is 5.92 Å². The normalized spacial score (nSPS) is 18.6. The molecule has 4 rings (SSSR count). The second-order valence-corrected chi connectivity index (χ2v) is 6.49. The van der Waals surface area contributed by atoms with Gasteiger partial charge in [0, 0.05) is 18.1 Å². The summed E-state index contributed by atoms with van der Waals surface area (Å²) in [4.78, 5) is 11.2. The minimum absolute atomic E-state index is 0.510. The van der Waals surface area contributed by atoms with Crippen molar-refractivity contribution in [1.82, 2.24) is 14.9 Å². The van der Waals surface area contributed by atoms with Gasteiger partial charge in [-0.1, -0.05) is 0 Å². The lowest BCUT2D eigenvalue weighted by Gasteiger charge is -2.11. The molecule has 0 N–H and O–H groups in total. The summed E-state index contributed by atoms with van der Waals surface area (Å²) in [6.45, 7) is 3.90. The Morgan fingerprint density at radius 3 is 3.10 bits per heavy atom. The van der Waals surface area contributed by atoms with Gasteiger partial charge in [0.05, 0.1) is 25.4 Å². The molecule has 1 fully saturated rings. The average molecular weight is 291 g/mol. The fraction of sp³-hybridized carbons (Fsp3) is 0.571. The first-order valence-corrected chi connectivity index (χ1v) is 7.91. The number of fused-ring (bicyclic) bond motifs is 1. The van der Waals surface area contributed by atoms with Gasteiger partial charge in [0.2, 0.25) is 5.89 Å². The summed E-state index contributed by atoms with van der Waals surface area (Å²) in [7, 11) is 0. The van der Waals surface area contributed by atoms with Crippen molar-refractivity contribution in [2.75, 3.05) is 6.61 Å². The summed E-state index contributed by atoms with van der Waals surface area (Å²) in [6.07, 6.45) is 4.47. The number of hydrogen-bond acceptors (Lipinski definition) is 6. The largest absolute Gasteiger partial charge is 0.441 e. The molecule has 1 aliphatic carbocycles. The number of aromatic nitrogens is 2. The molecule has 3 heterocycles. The maximum atomic E-state index is 5.78. The van der Waals surface area contributed by atoms with Crippen molar-refractivity contribution >= 4 is 11.3 Å². The molecule has 2 aromatic heterocycles. The lowest BCUT2D eigenvalue weighted by molar-refractivity contribution is 0.0917. The molecule has 0 atom stereocenters. The second kappa shape index (κ2) is 5.27. The molecule has 0 bridgehead atoms. The van der Waals surface area contributed by atoms with E-state index in [9.17, 15) is 0 Å². The molecule has 2 aliphatic rings. The van der Waals surface area contributed by atoms with Gasteiger partial charge in [-0.3, -0.25) is 4.90 Å². The Morgan fingerprint density at radius 2 is 2.35 bits per heavy atom. The first kappa shape index (κ1) is 12.5. The quantitative estimate of drug-likeness (QED) is 0.818. The summed E-state index contributed by atoms with van der Waals surface area (Å²) in [5.41, 5.74) is 1.06. The third kappa shape index (κ3) is 2.77. The minimum Gasteiger partial charge on any atom is -0.441 e. The molecule has 0 saturated heterocycles. The zero-order chi connectivity index (χ0) is 13.4. The molecule has 1 saturated carbocycles. The number of hydrogen-bond donors (Lipinski definition) is 0. The van der Waals surface area contributed by atoms with E-state index < -0.39 is 0 Å². The van der Waals surface area contributed by atoms with E-state index in [1.54, 1.807) is 11.3 Å². The Balaban J connectivity index is 1.31. The van der Waals surface area contributed by atoms with E-state index in [1.807, 2.05) is 11.6 Å². The molecule has 20 heavy (non-hydrogen) atoms. The van der Waals surface area contributed by atoms with E-state index in [4.69, 9.17) is 9.15 Å². The van der Waals surface area contributed by atoms with Crippen LogP contribution in [0.5, 0.6) is 0 Å². The van der Waals surface area contributed by atoms with Crippen LogP contribution in [0.4, 0.5) is 0 Å². The van der Waals surface area contributed by atoms with Gasteiger partial charge in [0.25, 0.3) is 0 Å². The summed E-state index contributed by atoms with van der Waals surface area (Å²) in [5, 5.41) is 3.15. The number of thiazole rings is 1. The van der Waals surface area contributed by atoms with Crippen LogP contribution < -0.4 is 0 Å². The van der Waals surface area contributed by atoms with E-state index in [-0.39, 0.29) is 0 Å². The Labute approximate surface area is 121 Å². The van der Waals surface area contributed by atoms with Crippen molar-refractivity contribution < 1.29 is 9.15 Å². The highest BCUT2D eigenvalue weighted by Gasteiger charge is 2.26. The number of nitrogens with zero attached hydrogens (tertiary/aromatic N) is 3. The molecule has 0 aromatic carbocycles. The van der Waals surface area contributed by atoms with Crippen molar-refractivity contribution in [1.29, 1.82) is 0 Å². The summed E-state index contributed by atoms with van der Waals surface area (Å²) in [6, 6.07) is 0. The highest BCUT2D eigenvalue weighted by molar-refractivity contribution is 7.09. The average Bonchev–Trinajstić information content (AvgIpc) is 2.83. The van der Waals surface area contributed by atoms with Gasteiger partial charge in [0.15, 0.2) is 0 Å². The van der Waals surface area contributed by atoms with Crippen molar-refractivity contribution in [3.05, 3.63) is 33.9 Å². The molecular formula is C14H17N3O2S. The predicted octanol–water partition coefficient (Wildman–Crippen LogP) is 2.57. The van der Waals surface area contributed by atoms with Crippen molar-refractivity contribution in [2.45, 2.75) is 39.1 Å². The van der Waals surface area contributed by atoms with Gasteiger partial charge in [-0.2, -0.15) is 0 Å². The zero-order valence-electron chi connectivity index (χ0n) is 11.2. The Hall–Kier alpha value is -1.24. The van der Waals surface area contributed by atoms with E-state index in [1.165, 1.54) is 12.8 Å². The topological polar surface area (TPSA) is 51.4 Å². The van der Waals surface area contributed by atoms with Crippen LogP contribution in [-0.2, 0) is 31.0 Å². The lowest BCUT2D eigenvalue weighted by atomic mass is 10.4. The molecule has 0 unspecified atom stereocenters. The van der Waals surface area contributed by atoms with Gasteiger partial charge in [0.1, 0.15) is 17.4 Å². The predicted molar refractivity (Wildman–Crippen MR) is 73.9 cm³/mol. The second-order valence-electron chi connectivity index (χ2n) is 5.51.